The molecule has 11 heteroatoms. The zero-order chi connectivity index (χ0) is 21.5. The monoisotopic (exact) mass is 413 g/mol. The second-order valence-corrected chi connectivity index (χ2v) is 6.86. The number of rotatable bonds is 4. The van der Waals surface area contributed by atoms with Gasteiger partial charge in [0.2, 0.25) is 5.88 Å². The van der Waals surface area contributed by atoms with E-state index in [4.69, 9.17) is 10.5 Å². The first-order chi connectivity index (χ1) is 14.3. The fourth-order valence-corrected chi connectivity index (χ4v) is 3.28. The number of ether oxygens (including phenoxy) is 1. The Bertz CT molecular complexity index is 1160. The Morgan fingerprint density at radius 3 is 2.73 bits per heavy atom. The first kappa shape index (κ1) is 19.4. The number of anilines is 1. The van der Waals surface area contributed by atoms with Crippen molar-refractivity contribution in [2.75, 3.05) is 12.4 Å². The normalized spacial score (nSPS) is 17.8. The summed E-state index contributed by atoms with van der Waals surface area (Å²) in [5.41, 5.74) is 5.37. The number of hydrogen-bond acceptors (Lipinski definition) is 7. The largest absolute Gasteiger partial charge is 0.480 e. The second kappa shape index (κ2) is 7.17. The van der Waals surface area contributed by atoms with Crippen LogP contribution in [0.1, 0.15) is 28.7 Å². The molecule has 3 heterocycles. The van der Waals surface area contributed by atoms with Crippen LogP contribution < -0.4 is 15.8 Å². The lowest BCUT2D eigenvalue weighted by Gasteiger charge is -2.31. The van der Waals surface area contributed by atoms with Gasteiger partial charge in [-0.05, 0) is 25.1 Å². The molecule has 1 aliphatic heterocycles. The first-order valence-corrected chi connectivity index (χ1v) is 8.85. The van der Waals surface area contributed by atoms with Gasteiger partial charge in [-0.15, -0.1) is 0 Å². The lowest BCUT2D eigenvalue weighted by molar-refractivity contribution is 0.102. The molecular formula is C19H17F2N7O2. The molecule has 154 valence electrons. The third kappa shape index (κ3) is 3.34. The van der Waals surface area contributed by atoms with E-state index in [0.29, 0.717) is 5.69 Å². The Kier molecular flexibility index (Phi) is 4.65. The zero-order valence-electron chi connectivity index (χ0n) is 16.1. The van der Waals surface area contributed by atoms with Crippen molar-refractivity contribution in [3.05, 3.63) is 65.4 Å². The van der Waals surface area contributed by atoms with Crippen LogP contribution in [0.4, 0.5) is 14.5 Å². The number of nitrogens with one attached hydrogen (secondary N) is 1. The van der Waals surface area contributed by atoms with E-state index >= 15 is 0 Å². The van der Waals surface area contributed by atoms with Crippen molar-refractivity contribution in [2.45, 2.75) is 19.0 Å². The minimum Gasteiger partial charge on any atom is -0.480 e. The number of hydrogen-bond donors (Lipinski definition) is 2. The van der Waals surface area contributed by atoms with E-state index in [0.717, 1.165) is 6.20 Å². The van der Waals surface area contributed by atoms with Crippen LogP contribution in [0, 0.1) is 11.6 Å². The highest BCUT2D eigenvalue weighted by atomic mass is 19.1. The number of methoxy groups -OCH3 is 1. The number of aromatic nitrogens is 4. The molecule has 3 N–H and O–H groups in total. The van der Waals surface area contributed by atoms with Crippen molar-refractivity contribution in [1.82, 2.24) is 19.7 Å². The van der Waals surface area contributed by atoms with Gasteiger partial charge in [-0.2, -0.15) is 5.10 Å². The topological polar surface area (TPSA) is 120 Å². The minimum atomic E-state index is -1.15. The summed E-state index contributed by atoms with van der Waals surface area (Å²) in [6.45, 7) is 1.73. The molecule has 9 nitrogen and oxygen atoms in total. The number of aliphatic imine (C=N–C) groups is 1. The Morgan fingerprint density at radius 1 is 1.23 bits per heavy atom. The number of nitrogens with two attached hydrogens (primary N) is 1. The van der Waals surface area contributed by atoms with E-state index in [1.54, 1.807) is 6.92 Å². The van der Waals surface area contributed by atoms with Gasteiger partial charge in [0.05, 0.1) is 32.2 Å². The van der Waals surface area contributed by atoms with Gasteiger partial charge >= 0.3 is 0 Å². The highest BCUT2D eigenvalue weighted by Crippen LogP contribution is 2.35. The van der Waals surface area contributed by atoms with Crippen LogP contribution in [0.25, 0.3) is 0 Å². The van der Waals surface area contributed by atoms with Crippen LogP contribution in [0.15, 0.2) is 41.8 Å². The molecule has 0 saturated heterocycles. The predicted octanol–water partition coefficient (Wildman–Crippen LogP) is 1.85. The molecule has 0 saturated carbocycles. The van der Waals surface area contributed by atoms with Gasteiger partial charge in [-0.1, -0.05) is 0 Å². The molecule has 2 aromatic heterocycles. The number of benzene rings is 1. The fourth-order valence-electron chi connectivity index (χ4n) is 3.28. The number of amides is 1. The molecule has 30 heavy (non-hydrogen) atoms. The molecule has 0 radical (unpaired) electrons. The molecule has 0 unspecified atom stereocenters. The molecule has 1 atom stereocenters. The average molecular weight is 413 g/mol. The van der Waals surface area contributed by atoms with Crippen molar-refractivity contribution < 1.29 is 18.3 Å². The summed E-state index contributed by atoms with van der Waals surface area (Å²) in [4.78, 5) is 24.7. The minimum absolute atomic E-state index is 0.0597. The molecular weight excluding hydrogens is 396 g/mol. The Morgan fingerprint density at radius 2 is 2.03 bits per heavy atom. The Balaban J connectivity index is 1.63. The van der Waals surface area contributed by atoms with Crippen molar-refractivity contribution in [2.24, 2.45) is 10.7 Å². The van der Waals surface area contributed by atoms with Crippen LogP contribution in [0.3, 0.4) is 0 Å². The fraction of sp³-hybridized carbons (Fsp3) is 0.211. The van der Waals surface area contributed by atoms with E-state index in [1.807, 2.05) is 0 Å². The summed E-state index contributed by atoms with van der Waals surface area (Å²) in [5.74, 6) is -1.49. The van der Waals surface area contributed by atoms with Gasteiger partial charge in [0.15, 0.2) is 5.82 Å². The molecule has 1 amide bonds. The molecule has 1 aromatic carbocycles. The summed E-state index contributed by atoms with van der Waals surface area (Å²) in [5, 5.41) is 6.59. The summed E-state index contributed by atoms with van der Waals surface area (Å²) in [7, 11) is 1.44. The summed E-state index contributed by atoms with van der Waals surface area (Å²) in [6.07, 6.45) is 3.61. The molecule has 0 spiro atoms. The number of carbonyl (C=O) groups excluding carboxylic acids is 1. The maximum atomic E-state index is 14.7. The average Bonchev–Trinajstić information content (AvgIpc) is 3.09. The maximum absolute atomic E-state index is 14.7. The third-order valence-electron chi connectivity index (χ3n) is 4.74. The smallest absolute Gasteiger partial charge is 0.275 e. The molecule has 3 aromatic rings. The van der Waals surface area contributed by atoms with Crippen molar-refractivity contribution in [3.63, 3.8) is 0 Å². The lowest BCUT2D eigenvalue weighted by atomic mass is 9.90. The molecule has 4 rings (SSSR count). The van der Waals surface area contributed by atoms with Gasteiger partial charge in [-0.3, -0.25) is 14.5 Å². The summed E-state index contributed by atoms with van der Waals surface area (Å²) in [6, 6.07) is 4.07. The quantitative estimate of drug-likeness (QED) is 0.674. The number of nitrogens with zero attached hydrogens (tertiary/aromatic N) is 5. The molecule has 0 bridgehead atoms. The van der Waals surface area contributed by atoms with E-state index in [9.17, 15) is 13.6 Å². The third-order valence-corrected chi connectivity index (χ3v) is 4.74. The highest BCUT2D eigenvalue weighted by Gasteiger charge is 2.36. The maximum Gasteiger partial charge on any atom is 0.275 e. The van der Waals surface area contributed by atoms with Gasteiger partial charge in [-0.25, -0.2) is 18.7 Å². The predicted molar refractivity (Wildman–Crippen MR) is 103 cm³/mol. The van der Waals surface area contributed by atoms with Crippen molar-refractivity contribution >= 4 is 17.4 Å². The van der Waals surface area contributed by atoms with Crippen LogP contribution in [0.5, 0.6) is 5.88 Å². The van der Waals surface area contributed by atoms with Gasteiger partial charge < -0.3 is 15.8 Å². The second-order valence-electron chi connectivity index (χ2n) is 6.86. The Hall–Kier alpha value is -3.89. The number of halogens is 2. The highest BCUT2D eigenvalue weighted by molar-refractivity contribution is 6.02. The molecule has 0 aliphatic carbocycles. The van der Waals surface area contributed by atoms with Gasteiger partial charge in [0, 0.05) is 11.3 Å². The number of amidine groups is 1. The zero-order valence-corrected chi connectivity index (χ0v) is 16.1. The van der Waals surface area contributed by atoms with E-state index in [2.05, 4.69) is 25.4 Å². The van der Waals surface area contributed by atoms with Crippen LogP contribution in [-0.2, 0) is 12.1 Å². The van der Waals surface area contributed by atoms with Gasteiger partial charge in [0.1, 0.15) is 28.6 Å². The lowest BCUT2D eigenvalue weighted by Crippen LogP contribution is -2.38. The van der Waals surface area contributed by atoms with Crippen LogP contribution in [-0.4, -0.2) is 38.6 Å². The molecule has 1 aliphatic rings. The van der Waals surface area contributed by atoms with E-state index in [-0.39, 0.29) is 35.2 Å². The molecule has 0 fully saturated rings. The van der Waals surface area contributed by atoms with E-state index < -0.39 is 23.1 Å². The van der Waals surface area contributed by atoms with Crippen LogP contribution in [0.2, 0.25) is 0 Å². The SMILES string of the molecule is COc1cnc(C(=O)Nc2ccc(F)c([C@]3(C)Cn4ncc(F)c4C(N)=N3)c2)cn1. The summed E-state index contributed by atoms with van der Waals surface area (Å²) < 4.78 is 34.8. The number of carbonyl (C=O) groups is 1. The standard InChI is InChI=1S/C19H17F2N7O2/c1-19(9-28-16(17(22)27-19)13(21)6-25-28)11-5-10(3-4-12(11)20)26-18(29)14-7-24-15(30-2)8-23-14/h3-8H,9H2,1-2H3,(H2,22,27)(H,26,29)/t19-/m0/s1. The summed E-state index contributed by atoms with van der Waals surface area (Å²) >= 11 is 0. The van der Waals surface area contributed by atoms with Crippen LogP contribution >= 0.6 is 0 Å². The van der Waals surface area contributed by atoms with Crippen molar-refractivity contribution in [1.29, 1.82) is 0 Å². The first-order valence-electron chi connectivity index (χ1n) is 8.85. The van der Waals surface area contributed by atoms with Crippen molar-refractivity contribution in [3.8, 4) is 5.88 Å². The Labute approximate surface area is 169 Å². The van der Waals surface area contributed by atoms with Gasteiger partial charge in [0.25, 0.3) is 5.91 Å². The van der Waals surface area contributed by atoms with E-state index in [1.165, 1.54) is 42.4 Å². The number of fused-ring (bicyclic) bond motifs is 1.